The first-order valence-corrected chi connectivity index (χ1v) is 7.90. The molecule has 0 N–H and O–H groups in total. The Labute approximate surface area is 127 Å². The van der Waals surface area contributed by atoms with E-state index in [0.29, 0.717) is 0 Å². The first kappa shape index (κ1) is 15.5. The summed E-state index contributed by atoms with van der Waals surface area (Å²) in [5.41, 5.74) is 3.81. The van der Waals surface area contributed by atoms with E-state index in [4.69, 9.17) is 4.74 Å². The molecule has 2 rings (SSSR count). The van der Waals surface area contributed by atoms with Gasteiger partial charge in [0.15, 0.2) is 0 Å². The third-order valence-corrected chi connectivity index (χ3v) is 3.59. The van der Waals surface area contributed by atoms with Gasteiger partial charge in [0.25, 0.3) is 0 Å². The lowest BCUT2D eigenvalue weighted by atomic mass is 10.00. The van der Waals surface area contributed by atoms with Gasteiger partial charge in [-0.3, -0.25) is 4.68 Å². The van der Waals surface area contributed by atoms with Gasteiger partial charge >= 0.3 is 0 Å². The maximum absolute atomic E-state index is 5.71. The molecule has 0 aliphatic rings. The molecule has 0 fully saturated rings. The van der Waals surface area contributed by atoms with Gasteiger partial charge in [0.1, 0.15) is 5.75 Å². The molecule has 0 unspecified atom stereocenters. The van der Waals surface area contributed by atoms with Crippen molar-refractivity contribution in [3.05, 3.63) is 41.2 Å². The van der Waals surface area contributed by atoms with Crippen LogP contribution in [0, 0.1) is 0 Å². The molecular weight excluding hydrogens is 262 g/mol. The number of rotatable bonds is 8. The van der Waals surface area contributed by atoms with E-state index in [9.17, 15) is 0 Å². The summed E-state index contributed by atoms with van der Waals surface area (Å²) in [6.07, 6.45) is 6.03. The van der Waals surface area contributed by atoms with E-state index in [-0.39, 0.29) is 0 Å². The Bertz CT molecular complexity index is 563. The smallest absolute Gasteiger partial charge is 0.119 e. The van der Waals surface area contributed by atoms with Crippen LogP contribution < -0.4 is 4.74 Å². The lowest BCUT2D eigenvalue weighted by molar-refractivity contribution is 0.317. The molecule has 0 amide bonds. The quantitative estimate of drug-likeness (QED) is 0.746. The highest BCUT2D eigenvalue weighted by molar-refractivity contribution is 5.36. The third kappa shape index (κ3) is 4.31. The van der Waals surface area contributed by atoms with Gasteiger partial charge in [0.2, 0.25) is 0 Å². The van der Waals surface area contributed by atoms with E-state index in [1.54, 1.807) is 0 Å². The lowest BCUT2D eigenvalue weighted by Gasteiger charge is -2.11. The maximum atomic E-state index is 5.71. The minimum absolute atomic E-state index is 0.780. The summed E-state index contributed by atoms with van der Waals surface area (Å²) in [5.74, 6) is 0.981. The molecule has 1 aromatic carbocycles. The molecule has 4 heteroatoms. The molecule has 0 saturated heterocycles. The molecule has 0 radical (unpaired) electrons. The molecule has 0 bridgehead atoms. The van der Waals surface area contributed by atoms with E-state index in [0.717, 1.165) is 50.3 Å². The molecule has 1 heterocycles. The van der Waals surface area contributed by atoms with E-state index < -0.39 is 0 Å². The van der Waals surface area contributed by atoms with Crippen LogP contribution in [-0.2, 0) is 25.8 Å². The number of hydrogen-bond donors (Lipinski definition) is 0. The number of benzene rings is 1. The van der Waals surface area contributed by atoms with E-state index in [1.807, 2.05) is 10.9 Å². The maximum Gasteiger partial charge on any atom is 0.119 e. The Morgan fingerprint density at radius 2 is 1.95 bits per heavy atom. The molecule has 114 valence electrons. The number of hydrogen-bond acceptors (Lipinski definition) is 3. The fourth-order valence-corrected chi connectivity index (χ4v) is 2.36. The van der Waals surface area contributed by atoms with Gasteiger partial charge in [0.05, 0.1) is 12.3 Å². The SMILES string of the molecule is CCCOc1ccc(CCc2cn(CC)nn2)c(CC)c1. The highest BCUT2D eigenvalue weighted by atomic mass is 16.5. The molecule has 1 aromatic heterocycles. The fourth-order valence-electron chi connectivity index (χ4n) is 2.36. The van der Waals surface area contributed by atoms with Crippen LogP contribution in [0.25, 0.3) is 0 Å². The summed E-state index contributed by atoms with van der Waals surface area (Å²) in [5, 5.41) is 8.29. The van der Waals surface area contributed by atoms with E-state index in [1.165, 1.54) is 11.1 Å². The van der Waals surface area contributed by atoms with Gasteiger partial charge < -0.3 is 4.74 Å². The van der Waals surface area contributed by atoms with Gasteiger partial charge in [-0.25, -0.2) is 0 Å². The summed E-state index contributed by atoms with van der Waals surface area (Å²) in [4.78, 5) is 0. The number of nitrogens with zero attached hydrogens (tertiary/aromatic N) is 3. The summed E-state index contributed by atoms with van der Waals surface area (Å²) < 4.78 is 7.58. The van der Waals surface area contributed by atoms with Crippen LogP contribution in [-0.4, -0.2) is 21.6 Å². The Hall–Kier alpha value is -1.84. The molecule has 0 aliphatic heterocycles. The normalized spacial score (nSPS) is 10.8. The third-order valence-electron chi connectivity index (χ3n) is 3.59. The second-order valence-electron chi connectivity index (χ2n) is 5.20. The summed E-state index contributed by atoms with van der Waals surface area (Å²) in [6.45, 7) is 8.04. The predicted octanol–water partition coefficient (Wildman–Crippen LogP) is 3.43. The Balaban J connectivity index is 2.01. The van der Waals surface area contributed by atoms with Crippen LogP contribution in [0.2, 0.25) is 0 Å². The average Bonchev–Trinajstić information content (AvgIpc) is 2.99. The molecule has 21 heavy (non-hydrogen) atoms. The van der Waals surface area contributed by atoms with Gasteiger partial charge in [-0.15, -0.1) is 5.10 Å². The number of aryl methyl sites for hydroxylation is 4. The summed E-state index contributed by atoms with van der Waals surface area (Å²) in [7, 11) is 0. The minimum atomic E-state index is 0.780. The van der Waals surface area contributed by atoms with Crippen LogP contribution in [0.1, 0.15) is 44.0 Å². The van der Waals surface area contributed by atoms with E-state index in [2.05, 4.69) is 49.3 Å². The first-order chi connectivity index (χ1) is 10.3. The molecule has 2 aromatic rings. The largest absolute Gasteiger partial charge is 0.494 e. The second-order valence-corrected chi connectivity index (χ2v) is 5.20. The number of aromatic nitrogens is 3. The Morgan fingerprint density at radius 3 is 2.62 bits per heavy atom. The molecule has 0 spiro atoms. The van der Waals surface area contributed by atoms with Gasteiger partial charge in [-0.05, 0) is 55.9 Å². The molecule has 0 aliphatic carbocycles. The lowest BCUT2D eigenvalue weighted by Crippen LogP contribution is -2.00. The number of ether oxygens (including phenoxy) is 1. The Kier molecular flexibility index (Phi) is 5.78. The van der Waals surface area contributed by atoms with Crippen molar-refractivity contribution < 1.29 is 4.74 Å². The molecular formula is C17H25N3O. The van der Waals surface area contributed by atoms with Crippen LogP contribution in [0.15, 0.2) is 24.4 Å². The summed E-state index contributed by atoms with van der Waals surface area (Å²) in [6, 6.07) is 6.44. The zero-order chi connectivity index (χ0) is 15.1. The topological polar surface area (TPSA) is 39.9 Å². The van der Waals surface area contributed by atoms with Gasteiger partial charge in [-0.1, -0.05) is 25.1 Å². The molecule has 0 saturated carbocycles. The van der Waals surface area contributed by atoms with Gasteiger partial charge in [-0.2, -0.15) is 0 Å². The van der Waals surface area contributed by atoms with Crippen LogP contribution in [0.5, 0.6) is 5.75 Å². The van der Waals surface area contributed by atoms with Crippen LogP contribution >= 0.6 is 0 Å². The second kappa shape index (κ2) is 7.81. The van der Waals surface area contributed by atoms with Gasteiger partial charge in [0, 0.05) is 12.7 Å². The van der Waals surface area contributed by atoms with Crippen LogP contribution in [0.4, 0.5) is 0 Å². The van der Waals surface area contributed by atoms with Crippen molar-refractivity contribution in [1.82, 2.24) is 15.0 Å². The monoisotopic (exact) mass is 287 g/mol. The van der Waals surface area contributed by atoms with Crippen molar-refractivity contribution >= 4 is 0 Å². The highest BCUT2D eigenvalue weighted by Crippen LogP contribution is 2.20. The zero-order valence-electron chi connectivity index (χ0n) is 13.3. The van der Waals surface area contributed by atoms with E-state index >= 15 is 0 Å². The first-order valence-electron chi connectivity index (χ1n) is 7.90. The predicted molar refractivity (Wildman–Crippen MR) is 84.7 cm³/mol. The van der Waals surface area contributed by atoms with Crippen molar-refractivity contribution in [1.29, 1.82) is 0 Å². The van der Waals surface area contributed by atoms with Crippen molar-refractivity contribution in [3.8, 4) is 5.75 Å². The highest BCUT2D eigenvalue weighted by Gasteiger charge is 2.06. The van der Waals surface area contributed by atoms with Crippen LogP contribution in [0.3, 0.4) is 0 Å². The minimum Gasteiger partial charge on any atom is -0.494 e. The fraction of sp³-hybridized carbons (Fsp3) is 0.529. The Morgan fingerprint density at radius 1 is 1.10 bits per heavy atom. The molecule has 4 nitrogen and oxygen atoms in total. The van der Waals surface area contributed by atoms with Crippen molar-refractivity contribution in [3.63, 3.8) is 0 Å². The van der Waals surface area contributed by atoms with Crippen molar-refractivity contribution in [2.45, 2.75) is 53.0 Å². The molecule has 0 atom stereocenters. The van der Waals surface area contributed by atoms with Crippen molar-refractivity contribution in [2.75, 3.05) is 6.61 Å². The standard InChI is InChI=1S/C17H25N3O/c1-4-11-21-17-10-8-15(14(5-2)12-17)7-9-16-13-20(6-3)19-18-16/h8,10,12-13H,4-7,9,11H2,1-3H3. The average molecular weight is 287 g/mol. The van der Waals surface area contributed by atoms with Crippen molar-refractivity contribution in [2.24, 2.45) is 0 Å². The summed E-state index contributed by atoms with van der Waals surface area (Å²) >= 11 is 0. The zero-order valence-corrected chi connectivity index (χ0v) is 13.3.